The number of amides is 2. The molecule has 1 aromatic rings. The van der Waals surface area contributed by atoms with Crippen LogP contribution in [0.15, 0.2) is 12.1 Å². The number of carbonyl (C=O) groups excluding carboxylic acids is 2. The van der Waals surface area contributed by atoms with E-state index in [-0.39, 0.29) is 29.2 Å². The summed E-state index contributed by atoms with van der Waals surface area (Å²) in [7, 11) is 0. The third-order valence-corrected chi connectivity index (χ3v) is 3.09. The molecule has 0 atom stereocenters. The van der Waals surface area contributed by atoms with Gasteiger partial charge in [-0.15, -0.1) is 0 Å². The molecule has 0 radical (unpaired) electrons. The van der Waals surface area contributed by atoms with Crippen LogP contribution >= 0.6 is 0 Å². The zero-order valence-electron chi connectivity index (χ0n) is 14.8. The molecule has 0 spiro atoms. The smallest absolute Gasteiger partial charge is 0.407 e. The molecule has 0 aliphatic carbocycles. The summed E-state index contributed by atoms with van der Waals surface area (Å²) in [4.78, 5) is 33.4. The van der Waals surface area contributed by atoms with Crippen LogP contribution in [0.5, 0.6) is 5.75 Å². The van der Waals surface area contributed by atoms with E-state index in [1.165, 1.54) is 19.1 Å². The summed E-state index contributed by atoms with van der Waals surface area (Å²) >= 11 is 0. The van der Waals surface area contributed by atoms with Gasteiger partial charge in [-0.1, -0.05) is 0 Å². The van der Waals surface area contributed by atoms with Crippen molar-refractivity contribution in [3.05, 3.63) is 33.4 Å². The second-order valence-electron chi connectivity index (χ2n) is 6.33. The van der Waals surface area contributed by atoms with Gasteiger partial charge in [-0.05, 0) is 40.2 Å². The van der Waals surface area contributed by atoms with Crippen molar-refractivity contribution in [1.29, 1.82) is 0 Å². The van der Waals surface area contributed by atoms with Gasteiger partial charge in [0.2, 0.25) is 0 Å². The first-order valence-corrected chi connectivity index (χ1v) is 7.70. The number of nitrogens with two attached hydrogens (primary N) is 1. The fourth-order valence-electron chi connectivity index (χ4n) is 2.06. The Kier molecular flexibility index (Phi) is 6.72. The Morgan fingerprint density at radius 2 is 1.96 bits per heavy atom. The Hall–Kier alpha value is -2.84. The second kappa shape index (κ2) is 8.32. The quantitative estimate of drug-likeness (QED) is 0.439. The third-order valence-electron chi connectivity index (χ3n) is 3.09. The SMILES string of the molecule is Cc1c([N+](=O)[O-])ccc(OCCCNC(=O)OC(C)(C)C)c1C(N)=O. The minimum atomic E-state index is -0.803. The van der Waals surface area contributed by atoms with Crippen molar-refractivity contribution in [2.75, 3.05) is 13.2 Å². The highest BCUT2D eigenvalue weighted by molar-refractivity contribution is 5.98. The Bertz CT molecular complexity index is 667. The summed E-state index contributed by atoms with van der Waals surface area (Å²) < 4.78 is 10.6. The van der Waals surface area contributed by atoms with E-state index in [0.717, 1.165) is 0 Å². The zero-order valence-corrected chi connectivity index (χ0v) is 14.8. The number of nitro groups is 1. The Morgan fingerprint density at radius 1 is 1.32 bits per heavy atom. The number of nitrogens with one attached hydrogen (secondary N) is 1. The van der Waals surface area contributed by atoms with Gasteiger partial charge in [-0.3, -0.25) is 14.9 Å². The number of nitro benzene ring substituents is 1. The van der Waals surface area contributed by atoms with Crippen LogP contribution in [0.4, 0.5) is 10.5 Å². The fourth-order valence-corrected chi connectivity index (χ4v) is 2.06. The van der Waals surface area contributed by atoms with E-state index in [0.29, 0.717) is 13.0 Å². The van der Waals surface area contributed by atoms with E-state index in [4.69, 9.17) is 15.2 Å². The predicted molar refractivity (Wildman–Crippen MR) is 90.7 cm³/mol. The Labute approximate surface area is 145 Å². The van der Waals surface area contributed by atoms with E-state index >= 15 is 0 Å². The van der Waals surface area contributed by atoms with Crippen LogP contribution in [-0.4, -0.2) is 35.7 Å². The summed E-state index contributed by atoms with van der Waals surface area (Å²) in [6, 6.07) is 2.60. The monoisotopic (exact) mass is 353 g/mol. The molecule has 25 heavy (non-hydrogen) atoms. The highest BCUT2D eigenvalue weighted by Gasteiger charge is 2.21. The zero-order chi connectivity index (χ0) is 19.2. The van der Waals surface area contributed by atoms with E-state index in [1.807, 2.05) is 0 Å². The van der Waals surface area contributed by atoms with Gasteiger partial charge in [0.05, 0.1) is 17.1 Å². The first-order valence-electron chi connectivity index (χ1n) is 7.70. The van der Waals surface area contributed by atoms with Gasteiger partial charge in [-0.2, -0.15) is 0 Å². The van der Waals surface area contributed by atoms with E-state index in [1.54, 1.807) is 20.8 Å². The van der Waals surface area contributed by atoms with Crippen LogP contribution in [0.1, 0.15) is 43.1 Å². The summed E-state index contributed by atoms with van der Waals surface area (Å²) in [5, 5.41) is 13.5. The standard InChI is InChI=1S/C16H23N3O6/c1-10-11(19(22)23)6-7-12(13(10)14(17)20)24-9-5-8-18-15(21)25-16(2,3)4/h6-7H,5,8-9H2,1-4H3,(H2,17,20)(H,18,21). The van der Waals surface area contributed by atoms with Crippen molar-refractivity contribution in [3.63, 3.8) is 0 Å². The first-order chi connectivity index (χ1) is 11.5. The largest absolute Gasteiger partial charge is 0.493 e. The molecular weight excluding hydrogens is 330 g/mol. The van der Waals surface area contributed by atoms with Crippen molar-refractivity contribution in [2.24, 2.45) is 5.73 Å². The molecule has 9 heteroatoms. The lowest BCUT2D eigenvalue weighted by Crippen LogP contribution is -2.33. The second-order valence-corrected chi connectivity index (χ2v) is 6.33. The maximum atomic E-state index is 11.6. The van der Waals surface area contributed by atoms with Crippen LogP contribution in [0.25, 0.3) is 0 Å². The number of benzene rings is 1. The molecule has 0 heterocycles. The van der Waals surface area contributed by atoms with Crippen molar-refractivity contribution >= 4 is 17.7 Å². The van der Waals surface area contributed by atoms with Gasteiger partial charge in [0.1, 0.15) is 11.4 Å². The van der Waals surface area contributed by atoms with Crippen molar-refractivity contribution in [2.45, 2.75) is 39.7 Å². The highest BCUT2D eigenvalue weighted by Crippen LogP contribution is 2.29. The van der Waals surface area contributed by atoms with E-state index < -0.39 is 22.5 Å². The lowest BCUT2D eigenvalue weighted by atomic mass is 10.1. The molecular formula is C16H23N3O6. The fraction of sp³-hybridized carbons (Fsp3) is 0.500. The normalized spacial score (nSPS) is 10.9. The number of rotatable bonds is 7. The molecule has 0 fully saturated rings. The Morgan fingerprint density at radius 3 is 2.48 bits per heavy atom. The molecule has 2 amide bonds. The van der Waals surface area contributed by atoms with Gasteiger partial charge in [-0.25, -0.2) is 4.79 Å². The summed E-state index contributed by atoms with van der Waals surface area (Å²) in [5.41, 5.74) is 4.66. The van der Waals surface area contributed by atoms with Crippen molar-refractivity contribution in [3.8, 4) is 5.75 Å². The molecule has 3 N–H and O–H groups in total. The molecule has 0 saturated heterocycles. The average Bonchev–Trinajstić information content (AvgIpc) is 2.44. The number of carbonyl (C=O) groups is 2. The number of hydrogen-bond acceptors (Lipinski definition) is 6. The van der Waals surface area contributed by atoms with Crippen LogP contribution in [0.2, 0.25) is 0 Å². The minimum absolute atomic E-state index is 0.0192. The number of hydrogen-bond donors (Lipinski definition) is 2. The molecule has 0 aliphatic heterocycles. The van der Waals surface area contributed by atoms with Gasteiger partial charge < -0.3 is 20.5 Å². The molecule has 0 saturated carbocycles. The van der Waals surface area contributed by atoms with Gasteiger partial charge in [0, 0.05) is 18.2 Å². The predicted octanol–water partition coefficient (Wildman–Crippen LogP) is 2.30. The number of nitrogens with zero attached hydrogens (tertiary/aromatic N) is 1. The number of alkyl carbamates (subject to hydrolysis) is 1. The maximum absolute atomic E-state index is 11.6. The number of ether oxygens (including phenoxy) is 2. The Balaban J connectivity index is 2.61. The van der Waals surface area contributed by atoms with Gasteiger partial charge in [0.15, 0.2) is 0 Å². The molecule has 1 aromatic carbocycles. The maximum Gasteiger partial charge on any atom is 0.407 e. The summed E-state index contributed by atoms with van der Waals surface area (Å²) in [6.45, 7) is 7.23. The molecule has 0 aliphatic rings. The summed E-state index contributed by atoms with van der Waals surface area (Å²) in [6.07, 6.45) is -0.0791. The molecule has 9 nitrogen and oxygen atoms in total. The van der Waals surface area contributed by atoms with Crippen molar-refractivity contribution < 1.29 is 24.0 Å². The first kappa shape index (κ1) is 20.2. The minimum Gasteiger partial charge on any atom is -0.493 e. The van der Waals surface area contributed by atoms with Gasteiger partial charge in [0.25, 0.3) is 11.6 Å². The third kappa shape index (κ3) is 6.28. The lowest BCUT2D eigenvalue weighted by molar-refractivity contribution is -0.385. The molecule has 1 rings (SSSR count). The molecule has 138 valence electrons. The van der Waals surface area contributed by atoms with Crippen LogP contribution < -0.4 is 15.8 Å². The van der Waals surface area contributed by atoms with E-state index in [9.17, 15) is 19.7 Å². The average molecular weight is 353 g/mol. The topological polar surface area (TPSA) is 134 Å². The highest BCUT2D eigenvalue weighted by atomic mass is 16.6. The van der Waals surface area contributed by atoms with Gasteiger partial charge >= 0.3 is 6.09 Å². The lowest BCUT2D eigenvalue weighted by Gasteiger charge is -2.19. The molecule has 0 unspecified atom stereocenters. The summed E-state index contributed by atoms with van der Waals surface area (Å²) in [5.74, 6) is -0.629. The van der Waals surface area contributed by atoms with Crippen LogP contribution in [0, 0.1) is 17.0 Å². The number of primary amides is 1. The van der Waals surface area contributed by atoms with E-state index in [2.05, 4.69) is 5.32 Å². The molecule has 0 bridgehead atoms. The van der Waals surface area contributed by atoms with Crippen LogP contribution in [0.3, 0.4) is 0 Å². The van der Waals surface area contributed by atoms with Crippen molar-refractivity contribution in [1.82, 2.24) is 5.32 Å². The van der Waals surface area contributed by atoms with Crippen LogP contribution in [-0.2, 0) is 4.74 Å². The molecule has 0 aromatic heterocycles.